The minimum absolute atomic E-state index is 0.107. The molecule has 6 nitrogen and oxygen atoms in total. The van der Waals surface area contributed by atoms with Crippen molar-refractivity contribution in [1.82, 2.24) is 9.80 Å². The molecule has 186 valence electrons. The van der Waals surface area contributed by atoms with Gasteiger partial charge in [0.1, 0.15) is 18.1 Å². The molecule has 3 aromatic rings. The SMILES string of the molecule is Cc1ccc(C2C(=C(O)c3ccc(OCc4cccc(C)c4)cc3)C(=O)C(=O)N2CCN(C)C)cc1. The van der Waals surface area contributed by atoms with E-state index in [4.69, 9.17) is 4.74 Å². The Labute approximate surface area is 212 Å². The van der Waals surface area contributed by atoms with Gasteiger partial charge in [-0.2, -0.15) is 0 Å². The first-order chi connectivity index (χ1) is 17.2. The van der Waals surface area contributed by atoms with Crippen LogP contribution in [0.4, 0.5) is 0 Å². The highest BCUT2D eigenvalue weighted by atomic mass is 16.5. The Hall–Kier alpha value is -3.90. The number of benzene rings is 3. The molecule has 1 saturated heterocycles. The second kappa shape index (κ2) is 10.8. The van der Waals surface area contributed by atoms with Gasteiger partial charge in [-0.1, -0.05) is 59.7 Å². The van der Waals surface area contributed by atoms with Crippen LogP contribution in [0.2, 0.25) is 0 Å². The number of carbonyl (C=O) groups excluding carboxylic acids is 2. The number of amides is 1. The zero-order chi connectivity index (χ0) is 25.8. The van der Waals surface area contributed by atoms with Crippen molar-refractivity contribution < 1.29 is 19.4 Å². The molecule has 1 amide bonds. The Morgan fingerprint density at radius 1 is 0.944 bits per heavy atom. The summed E-state index contributed by atoms with van der Waals surface area (Å²) in [6.45, 7) is 5.42. The third-order valence-corrected chi connectivity index (χ3v) is 6.34. The summed E-state index contributed by atoms with van der Waals surface area (Å²) in [5.74, 6) is -0.801. The Kier molecular flexibility index (Phi) is 7.55. The number of Topliss-reactive ketones (excluding diaryl/α,β-unsaturated/α-hetero) is 1. The van der Waals surface area contributed by atoms with Crippen molar-refractivity contribution in [3.63, 3.8) is 0 Å². The summed E-state index contributed by atoms with van der Waals surface area (Å²) in [5, 5.41) is 11.2. The molecule has 0 spiro atoms. The number of aryl methyl sites for hydroxylation is 2. The Balaban J connectivity index is 1.64. The number of ether oxygens (including phenoxy) is 1. The molecule has 36 heavy (non-hydrogen) atoms. The molecule has 1 aliphatic heterocycles. The van der Waals surface area contributed by atoms with Crippen LogP contribution in [0.25, 0.3) is 5.76 Å². The lowest BCUT2D eigenvalue weighted by Crippen LogP contribution is -2.35. The maximum atomic E-state index is 13.1. The van der Waals surface area contributed by atoms with Gasteiger partial charge >= 0.3 is 0 Å². The molecule has 1 heterocycles. The van der Waals surface area contributed by atoms with Gasteiger partial charge in [-0.15, -0.1) is 0 Å². The standard InChI is InChI=1S/C30H32N2O4/c1-20-8-10-23(11-9-20)27-26(29(34)30(35)32(27)17-16-31(3)4)28(33)24-12-14-25(15-13-24)36-19-22-7-5-6-21(2)18-22/h5-15,18,27,33H,16-17,19H2,1-4H3. The van der Waals surface area contributed by atoms with Gasteiger partial charge in [0.25, 0.3) is 11.7 Å². The van der Waals surface area contributed by atoms with E-state index in [9.17, 15) is 14.7 Å². The number of carbonyl (C=O) groups is 2. The van der Waals surface area contributed by atoms with Crippen LogP contribution in [-0.4, -0.2) is 53.8 Å². The monoisotopic (exact) mass is 484 g/mol. The number of likely N-dealkylation sites (N-methyl/N-ethyl adjacent to an activating group) is 1. The highest BCUT2D eigenvalue weighted by Crippen LogP contribution is 2.39. The predicted octanol–water partition coefficient (Wildman–Crippen LogP) is 4.87. The smallest absolute Gasteiger partial charge is 0.295 e. The molecule has 1 unspecified atom stereocenters. The second-order valence-electron chi connectivity index (χ2n) is 9.51. The van der Waals surface area contributed by atoms with E-state index in [-0.39, 0.29) is 11.3 Å². The lowest BCUT2D eigenvalue weighted by Gasteiger charge is -2.26. The zero-order valence-electron chi connectivity index (χ0n) is 21.2. The first-order valence-electron chi connectivity index (χ1n) is 12.0. The van der Waals surface area contributed by atoms with Crippen LogP contribution in [-0.2, 0) is 16.2 Å². The first kappa shape index (κ1) is 25.2. The molecule has 3 aromatic carbocycles. The maximum Gasteiger partial charge on any atom is 0.295 e. The van der Waals surface area contributed by atoms with E-state index in [1.54, 1.807) is 29.2 Å². The van der Waals surface area contributed by atoms with Crippen LogP contribution in [0, 0.1) is 13.8 Å². The van der Waals surface area contributed by atoms with Crippen molar-refractivity contribution in [2.75, 3.05) is 27.2 Å². The summed E-state index contributed by atoms with van der Waals surface area (Å²) < 4.78 is 5.89. The largest absolute Gasteiger partial charge is 0.507 e. The van der Waals surface area contributed by atoms with Crippen molar-refractivity contribution in [3.05, 3.63) is 106 Å². The number of aliphatic hydroxyl groups excluding tert-OH is 1. The number of hydrogen-bond donors (Lipinski definition) is 1. The molecular weight excluding hydrogens is 452 g/mol. The van der Waals surface area contributed by atoms with Crippen LogP contribution < -0.4 is 4.74 Å². The van der Waals surface area contributed by atoms with E-state index < -0.39 is 17.7 Å². The Bertz CT molecular complexity index is 1280. The molecule has 1 atom stereocenters. The molecule has 0 aromatic heterocycles. The zero-order valence-corrected chi connectivity index (χ0v) is 21.2. The highest BCUT2D eigenvalue weighted by Gasteiger charge is 2.45. The van der Waals surface area contributed by atoms with Crippen molar-refractivity contribution in [2.45, 2.75) is 26.5 Å². The summed E-state index contributed by atoms with van der Waals surface area (Å²) in [6.07, 6.45) is 0. The quantitative estimate of drug-likeness (QED) is 0.281. The number of ketones is 1. The van der Waals surface area contributed by atoms with Gasteiger partial charge in [0.05, 0.1) is 11.6 Å². The summed E-state index contributed by atoms with van der Waals surface area (Å²) >= 11 is 0. The van der Waals surface area contributed by atoms with Gasteiger partial charge < -0.3 is 19.6 Å². The Morgan fingerprint density at radius 3 is 2.28 bits per heavy atom. The molecule has 0 bridgehead atoms. The molecule has 0 aliphatic carbocycles. The fourth-order valence-electron chi connectivity index (χ4n) is 4.35. The third kappa shape index (κ3) is 5.50. The first-order valence-corrected chi connectivity index (χ1v) is 12.0. The summed E-state index contributed by atoms with van der Waals surface area (Å²) in [7, 11) is 3.83. The lowest BCUT2D eigenvalue weighted by atomic mass is 9.94. The number of rotatable bonds is 8. The van der Waals surface area contributed by atoms with Gasteiger partial charge in [-0.3, -0.25) is 9.59 Å². The van der Waals surface area contributed by atoms with Crippen LogP contribution in [0.1, 0.15) is 33.9 Å². The summed E-state index contributed by atoms with van der Waals surface area (Å²) in [4.78, 5) is 29.7. The fraction of sp³-hybridized carbons (Fsp3) is 0.267. The normalized spacial score (nSPS) is 17.1. The van der Waals surface area contributed by atoms with Crippen molar-refractivity contribution in [2.24, 2.45) is 0 Å². The van der Waals surface area contributed by atoms with Crippen LogP contribution in [0.5, 0.6) is 5.75 Å². The summed E-state index contributed by atoms with van der Waals surface area (Å²) in [5.41, 5.74) is 4.67. The van der Waals surface area contributed by atoms with Gasteiger partial charge in [-0.25, -0.2) is 0 Å². The average molecular weight is 485 g/mol. The number of likely N-dealkylation sites (tertiary alicyclic amines) is 1. The lowest BCUT2D eigenvalue weighted by molar-refractivity contribution is -0.140. The van der Waals surface area contributed by atoms with E-state index in [1.807, 2.05) is 75.3 Å². The average Bonchev–Trinajstić information content (AvgIpc) is 3.11. The van der Waals surface area contributed by atoms with E-state index in [1.165, 1.54) is 5.56 Å². The van der Waals surface area contributed by atoms with E-state index in [0.29, 0.717) is 31.0 Å². The molecule has 1 aliphatic rings. The topological polar surface area (TPSA) is 70.1 Å². The number of hydrogen-bond acceptors (Lipinski definition) is 5. The minimum Gasteiger partial charge on any atom is -0.507 e. The van der Waals surface area contributed by atoms with Crippen LogP contribution >= 0.6 is 0 Å². The molecule has 0 radical (unpaired) electrons. The van der Waals surface area contributed by atoms with Gasteiger partial charge in [0, 0.05) is 18.7 Å². The van der Waals surface area contributed by atoms with Crippen LogP contribution in [0.15, 0.2) is 78.4 Å². The van der Waals surface area contributed by atoms with Gasteiger partial charge in [0.15, 0.2) is 0 Å². The van der Waals surface area contributed by atoms with Gasteiger partial charge in [-0.05, 0) is 63.3 Å². The summed E-state index contributed by atoms with van der Waals surface area (Å²) in [6, 6.07) is 22.1. The predicted molar refractivity (Wildman–Crippen MR) is 141 cm³/mol. The fourth-order valence-corrected chi connectivity index (χ4v) is 4.35. The van der Waals surface area contributed by atoms with E-state index in [2.05, 4.69) is 6.07 Å². The van der Waals surface area contributed by atoms with Gasteiger partial charge in [0.2, 0.25) is 0 Å². The second-order valence-corrected chi connectivity index (χ2v) is 9.51. The van der Waals surface area contributed by atoms with Crippen molar-refractivity contribution in [3.8, 4) is 5.75 Å². The number of nitrogens with zero attached hydrogens (tertiary/aromatic N) is 2. The molecule has 6 heteroatoms. The highest BCUT2D eigenvalue weighted by molar-refractivity contribution is 6.46. The van der Waals surface area contributed by atoms with Crippen molar-refractivity contribution >= 4 is 17.4 Å². The van der Waals surface area contributed by atoms with E-state index >= 15 is 0 Å². The molecule has 1 fully saturated rings. The number of aliphatic hydroxyl groups is 1. The molecule has 4 rings (SSSR count). The minimum atomic E-state index is -0.670. The van der Waals surface area contributed by atoms with Crippen molar-refractivity contribution in [1.29, 1.82) is 0 Å². The molecule has 1 N–H and O–H groups in total. The Morgan fingerprint density at radius 2 is 1.64 bits per heavy atom. The maximum absolute atomic E-state index is 13.1. The molecular formula is C30H32N2O4. The van der Waals surface area contributed by atoms with Crippen LogP contribution in [0.3, 0.4) is 0 Å². The van der Waals surface area contributed by atoms with E-state index in [0.717, 1.165) is 16.7 Å². The molecule has 0 saturated carbocycles. The third-order valence-electron chi connectivity index (χ3n) is 6.34.